The molecule has 1 amide bonds. The Bertz CT molecular complexity index is 672. The van der Waals surface area contributed by atoms with Gasteiger partial charge in [-0.2, -0.15) is 0 Å². The van der Waals surface area contributed by atoms with E-state index in [0.29, 0.717) is 6.54 Å². The summed E-state index contributed by atoms with van der Waals surface area (Å²) >= 11 is 0. The summed E-state index contributed by atoms with van der Waals surface area (Å²) in [4.78, 5) is 25.8. The van der Waals surface area contributed by atoms with Gasteiger partial charge in [0.1, 0.15) is 5.82 Å². The third-order valence-electron chi connectivity index (χ3n) is 5.34. The molecule has 0 saturated carbocycles. The monoisotopic (exact) mass is 514 g/mol. The van der Waals surface area contributed by atoms with E-state index in [1.165, 1.54) is 12.8 Å². The zero-order valence-corrected chi connectivity index (χ0v) is 20.2. The van der Waals surface area contributed by atoms with Crippen molar-refractivity contribution in [3.8, 4) is 0 Å². The number of guanidine groups is 1. The van der Waals surface area contributed by atoms with Crippen LogP contribution in [0.25, 0.3) is 0 Å². The smallest absolute Gasteiger partial charge is 0.225 e. The van der Waals surface area contributed by atoms with Crippen molar-refractivity contribution in [2.75, 3.05) is 37.6 Å². The van der Waals surface area contributed by atoms with Crippen LogP contribution in [-0.2, 0) is 11.3 Å². The average Bonchev–Trinajstić information content (AvgIpc) is 3.38. The number of nitrogens with zero attached hydrogens (tertiary/aromatic N) is 4. The predicted octanol–water partition coefficient (Wildman–Crippen LogP) is 2.61. The molecule has 0 spiro atoms. The van der Waals surface area contributed by atoms with Crippen LogP contribution in [0.2, 0.25) is 0 Å². The van der Waals surface area contributed by atoms with Gasteiger partial charge in [0.05, 0.1) is 6.54 Å². The highest BCUT2D eigenvalue weighted by atomic mass is 127. The Balaban J connectivity index is 0.00000300. The number of aliphatic imine (C=N–C) groups is 1. The summed E-state index contributed by atoms with van der Waals surface area (Å²) in [5.41, 5.74) is 1.10. The number of nitrogens with one attached hydrogen (secondary N) is 2. The second-order valence-electron chi connectivity index (χ2n) is 7.98. The Kier molecular flexibility index (Phi) is 9.45. The SMILES string of the molecule is CCNC(=NCc1ccc(N2CCCC2)nc1)NC1CCN(C(=O)C(C)C)C1.I. The van der Waals surface area contributed by atoms with E-state index in [-0.39, 0.29) is 41.8 Å². The first-order chi connectivity index (χ1) is 13.6. The molecule has 29 heavy (non-hydrogen) atoms. The number of halogens is 1. The highest BCUT2D eigenvalue weighted by Crippen LogP contribution is 2.18. The van der Waals surface area contributed by atoms with E-state index in [0.717, 1.165) is 56.5 Å². The fourth-order valence-electron chi connectivity index (χ4n) is 3.77. The van der Waals surface area contributed by atoms with Crippen molar-refractivity contribution in [3.63, 3.8) is 0 Å². The van der Waals surface area contributed by atoms with Gasteiger partial charge in [-0.1, -0.05) is 19.9 Å². The van der Waals surface area contributed by atoms with E-state index in [1.807, 2.05) is 24.9 Å². The fourth-order valence-corrected chi connectivity index (χ4v) is 3.77. The molecule has 2 aliphatic heterocycles. The molecule has 2 aliphatic rings. The number of rotatable bonds is 6. The number of aromatic nitrogens is 1. The number of amides is 1. The van der Waals surface area contributed by atoms with Crippen molar-refractivity contribution in [1.82, 2.24) is 20.5 Å². The van der Waals surface area contributed by atoms with Gasteiger partial charge in [-0.15, -0.1) is 24.0 Å². The molecule has 3 heterocycles. The van der Waals surface area contributed by atoms with E-state index in [4.69, 9.17) is 4.99 Å². The normalized spacial score (nSPS) is 19.4. The maximum Gasteiger partial charge on any atom is 0.225 e. The van der Waals surface area contributed by atoms with Crippen LogP contribution in [0.15, 0.2) is 23.3 Å². The summed E-state index contributed by atoms with van der Waals surface area (Å²) in [7, 11) is 0. The van der Waals surface area contributed by atoms with Crippen LogP contribution in [-0.4, -0.2) is 60.5 Å². The van der Waals surface area contributed by atoms with E-state index in [2.05, 4.69) is 39.6 Å². The molecular weight excluding hydrogens is 479 g/mol. The van der Waals surface area contributed by atoms with Crippen molar-refractivity contribution in [2.24, 2.45) is 10.9 Å². The molecule has 3 rings (SSSR count). The minimum atomic E-state index is 0. The fraction of sp³-hybridized carbons (Fsp3) is 0.667. The van der Waals surface area contributed by atoms with Crippen molar-refractivity contribution in [3.05, 3.63) is 23.9 Å². The molecule has 8 heteroatoms. The van der Waals surface area contributed by atoms with E-state index >= 15 is 0 Å². The van der Waals surface area contributed by atoms with Gasteiger partial charge in [0.2, 0.25) is 5.91 Å². The Morgan fingerprint density at radius 1 is 1.28 bits per heavy atom. The van der Waals surface area contributed by atoms with Crippen LogP contribution < -0.4 is 15.5 Å². The number of carbonyl (C=O) groups excluding carboxylic acids is 1. The molecule has 0 aliphatic carbocycles. The summed E-state index contributed by atoms with van der Waals surface area (Å²) in [6, 6.07) is 4.46. The first-order valence-electron chi connectivity index (χ1n) is 10.6. The Labute approximate surface area is 191 Å². The van der Waals surface area contributed by atoms with Crippen LogP contribution >= 0.6 is 24.0 Å². The average molecular weight is 514 g/mol. The van der Waals surface area contributed by atoms with Crippen LogP contribution in [0.3, 0.4) is 0 Å². The molecular formula is C21H35IN6O. The summed E-state index contributed by atoms with van der Waals surface area (Å²) in [5, 5.41) is 6.79. The molecule has 162 valence electrons. The molecule has 1 aromatic rings. The van der Waals surface area contributed by atoms with Crippen LogP contribution in [0.5, 0.6) is 0 Å². The lowest BCUT2D eigenvalue weighted by Crippen LogP contribution is -2.45. The van der Waals surface area contributed by atoms with Gasteiger partial charge in [-0.3, -0.25) is 4.79 Å². The Morgan fingerprint density at radius 3 is 2.66 bits per heavy atom. The Morgan fingerprint density at radius 2 is 2.03 bits per heavy atom. The molecule has 0 bridgehead atoms. The van der Waals surface area contributed by atoms with Gasteiger partial charge in [-0.05, 0) is 37.8 Å². The molecule has 1 atom stereocenters. The van der Waals surface area contributed by atoms with Crippen molar-refractivity contribution >= 4 is 41.7 Å². The first kappa shape index (κ1) is 23.7. The van der Waals surface area contributed by atoms with E-state index < -0.39 is 0 Å². The van der Waals surface area contributed by atoms with Gasteiger partial charge in [0, 0.05) is 50.9 Å². The van der Waals surface area contributed by atoms with Gasteiger partial charge >= 0.3 is 0 Å². The molecule has 2 N–H and O–H groups in total. The topological polar surface area (TPSA) is 72.9 Å². The molecule has 0 radical (unpaired) electrons. The summed E-state index contributed by atoms with van der Waals surface area (Å²) < 4.78 is 0. The molecule has 1 aromatic heterocycles. The van der Waals surface area contributed by atoms with Crippen LogP contribution in [0, 0.1) is 5.92 Å². The third kappa shape index (κ3) is 6.72. The summed E-state index contributed by atoms with van der Waals surface area (Å²) in [6.45, 7) is 11.1. The molecule has 2 saturated heterocycles. The third-order valence-corrected chi connectivity index (χ3v) is 5.34. The highest BCUT2D eigenvalue weighted by molar-refractivity contribution is 14.0. The molecule has 7 nitrogen and oxygen atoms in total. The summed E-state index contributed by atoms with van der Waals surface area (Å²) in [5.74, 6) is 2.15. The minimum absolute atomic E-state index is 0. The van der Waals surface area contributed by atoms with Gasteiger partial charge in [0.15, 0.2) is 5.96 Å². The number of likely N-dealkylation sites (tertiary alicyclic amines) is 1. The molecule has 2 fully saturated rings. The zero-order valence-electron chi connectivity index (χ0n) is 17.9. The van der Waals surface area contributed by atoms with Gasteiger partial charge < -0.3 is 20.4 Å². The highest BCUT2D eigenvalue weighted by Gasteiger charge is 2.27. The minimum Gasteiger partial charge on any atom is -0.357 e. The van der Waals surface area contributed by atoms with Crippen LogP contribution in [0.4, 0.5) is 5.82 Å². The first-order valence-corrected chi connectivity index (χ1v) is 10.6. The standard InChI is InChI=1S/C21H34N6O.HI/c1-4-22-21(25-18-9-12-27(15-18)20(28)16(2)3)24-14-17-7-8-19(23-13-17)26-10-5-6-11-26;/h7-8,13,16,18H,4-6,9-12,14-15H2,1-3H3,(H2,22,24,25);1H. The van der Waals surface area contributed by atoms with Crippen molar-refractivity contribution in [1.29, 1.82) is 0 Å². The van der Waals surface area contributed by atoms with E-state index in [1.54, 1.807) is 0 Å². The maximum atomic E-state index is 12.2. The number of hydrogen-bond acceptors (Lipinski definition) is 4. The predicted molar refractivity (Wildman–Crippen MR) is 129 cm³/mol. The lowest BCUT2D eigenvalue weighted by molar-refractivity contribution is -0.133. The largest absolute Gasteiger partial charge is 0.357 e. The second-order valence-corrected chi connectivity index (χ2v) is 7.98. The molecule has 0 aromatic carbocycles. The van der Waals surface area contributed by atoms with E-state index in [9.17, 15) is 4.79 Å². The van der Waals surface area contributed by atoms with Gasteiger partial charge in [-0.25, -0.2) is 9.98 Å². The number of carbonyl (C=O) groups is 1. The maximum absolute atomic E-state index is 12.2. The quantitative estimate of drug-likeness (QED) is 0.347. The lowest BCUT2D eigenvalue weighted by atomic mass is 10.2. The van der Waals surface area contributed by atoms with Gasteiger partial charge in [0.25, 0.3) is 0 Å². The number of pyridine rings is 1. The zero-order chi connectivity index (χ0) is 19.9. The summed E-state index contributed by atoms with van der Waals surface area (Å²) in [6.07, 6.45) is 5.40. The number of hydrogen-bond donors (Lipinski definition) is 2. The van der Waals surface area contributed by atoms with Crippen molar-refractivity contribution < 1.29 is 4.79 Å². The lowest BCUT2D eigenvalue weighted by Gasteiger charge is -2.20. The molecule has 1 unspecified atom stereocenters. The van der Waals surface area contributed by atoms with Crippen molar-refractivity contribution in [2.45, 2.75) is 52.6 Å². The van der Waals surface area contributed by atoms with Crippen LogP contribution in [0.1, 0.15) is 45.6 Å². The number of anilines is 1. The second kappa shape index (κ2) is 11.6. The Hall–Kier alpha value is -1.58.